The average Bonchev–Trinajstić information content (AvgIpc) is 2.37. The normalized spacial score (nSPS) is 9.89. The predicted octanol–water partition coefficient (Wildman–Crippen LogP) is 0.984. The monoisotopic (exact) mass is 249 g/mol. The topological polar surface area (TPSA) is 70.2 Å². The van der Waals surface area contributed by atoms with E-state index >= 15 is 0 Å². The Labute approximate surface area is 107 Å². The van der Waals surface area contributed by atoms with Crippen LogP contribution in [0.2, 0.25) is 0 Å². The first-order valence-corrected chi connectivity index (χ1v) is 6.00. The smallest absolute Gasteiger partial charge is 0.253 e. The van der Waals surface area contributed by atoms with Crippen LogP contribution in [-0.2, 0) is 4.79 Å². The molecule has 1 aromatic carbocycles. The molecule has 1 rings (SSSR count). The van der Waals surface area contributed by atoms with Crippen LogP contribution in [0, 0.1) is 0 Å². The van der Waals surface area contributed by atoms with Crippen molar-refractivity contribution >= 4 is 17.5 Å². The molecule has 0 aliphatic carbocycles. The molecule has 0 fully saturated rings. The molecule has 0 bridgehead atoms. The Hall–Kier alpha value is -1.88. The summed E-state index contributed by atoms with van der Waals surface area (Å²) in [5, 5.41) is 8.25. The van der Waals surface area contributed by atoms with Crippen molar-refractivity contribution in [3.8, 4) is 0 Å². The number of benzene rings is 1. The summed E-state index contributed by atoms with van der Waals surface area (Å²) in [5.41, 5.74) is 1.02. The third-order valence-corrected chi connectivity index (χ3v) is 2.32. The first kappa shape index (κ1) is 14.2. The van der Waals surface area contributed by atoms with Crippen LogP contribution in [-0.4, -0.2) is 32.0 Å². The van der Waals surface area contributed by atoms with E-state index in [2.05, 4.69) is 16.0 Å². The van der Waals surface area contributed by atoms with Crippen LogP contribution in [0.1, 0.15) is 23.7 Å². The highest BCUT2D eigenvalue weighted by atomic mass is 16.2. The summed E-state index contributed by atoms with van der Waals surface area (Å²) in [6.07, 6.45) is 0.875. The fourth-order valence-electron chi connectivity index (χ4n) is 1.48. The Morgan fingerprint density at radius 1 is 1.22 bits per heavy atom. The molecular formula is C13H19N3O2. The number of hydrogen-bond donors (Lipinski definition) is 3. The summed E-state index contributed by atoms with van der Waals surface area (Å²) in [5.74, 6) is -0.342. The van der Waals surface area contributed by atoms with Crippen LogP contribution < -0.4 is 16.0 Å². The maximum absolute atomic E-state index is 11.9. The van der Waals surface area contributed by atoms with Gasteiger partial charge in [-0.25, -0.2) is 0 Å². The Kier molecular flexibility index (Phi) is 5.87. The van der Waals surface area contributed by atoms with E-state index in [1.54, 1.807) is 31.3 Å². The summed E-state index contributed by atoms with van der Waals surface area (Å²) in [7, 11) is 1.69. The van der Waals surface area contributed by atoms with Gasteiger partial charge in [-0.15, -0.1) is 0 Å². The minimum absolute atomic E-state index is 0.169. The lowest BCUT2D eigenvalue weighted by atomic mass is 10.1. The van der Waals surface area contributed by atoms with Crippen molar-refractivity contribution in [2.75, 3.05) is 25.5 Å². The molecule has 5 heteroatoms. The zero-order valence-corrected chi connectivity index (χ0v) is 10.7. The molecule has 0 aliphatic rings. The molecule has 0 saturated heterocycles. The number of para-hydroxylation sites is 1. The van der Waals surface area contributed by atoms with Crippen LogP contribution in [0.25, 0.3) is 0 Å². The molecule has 2 amide bonds. The molecule has 0 radical (unpaired) electrons. The van der Waals surface area contributed by atoms with Gasteiger partial charge in [0.1, 0.15) is 0 Å². The van der Waals surface area contributed by atoms with Gasteiger partial charge in [0.25, 0.3) is 5.91 Å². The van der Waals surface area contributed by atoms with E-state index in [1.165, 1.54) is 0 Å². The van der Waals surface area contributed by atoms with Crippen LogP contribution in [0.15, 0.2) is 24.3 Å². The second-order valence-electron chi connectivity index (χ2n) is 3.88. The minimum atomic E-state index is -0.173. The van der Waals surface area contributed by atoms with Gasteiger partial charge < -0.3 is 16.0 Å². The Balaban J connectivity index is 2.79. The first-order valence-electron chi connectivity index (χ1n) is 6.00. The fourth-order valence-corrected chi connectivity index (χ4v) is 1.48. The zero-order valence-electron chi connectivity index (χ0n) is 10.7. The van der Waals surface area contributed by atoms with E-state index in [0.717, 1.165) is 6.42 Å². The van der Waals surface area contributed by atoms with Crippen molar-refractivity contribution in [2.24, 2.45) is 0 Å². The second-order valence-corrected chi connectivity index (χ2v) is 3.88. The number of rotatable bonds is 6. The summed E-state index contributed by atoms with van der Waals surface area (Å²) >= 11 is 0. The van der Waals surface area contributed by atoms with Crippen molar-refractivity contribution in [3.63, 3.8) is 0 Å². The van der Waals surface area contributed by atoms with Gasteiger partial charge in [-0.1, -0.05) is 19.1 Å². The molecule has 0 aromatic heterocycles. The maximum atomic E-state index is 11.9. The molecule has 3 N–H and O–H groups in total. The number of likely N-dealkylation sites (N-methyl/N-ethyl adjacent to an activating group) is 1. The van der Waals surface area contributed by atoms with Gasteiger partial charge >= 0.3 is 0 Å². The number of nitrogens with one attached hydrogen (secondary N) is 3. The molecule has 1 aromatic rings. The van der Waals surface area contributed by atoms with E-state index in [0.29, 0.717) is 17.8 Å². The van der Waals surface area contributed by atoms with Crippen LogP contribution >= 0.6 is 0 Å². The highest BCUT2D eigenvalue weighted by Crippen LogP contribution is 2.14. The van der Waals surface area contributed by atoms with Crippen molar-refractivity contribution in [3.05, 3.63) is 29.8 Å². The Morgan fingerprint density at radius 3 is 2.61 bits per heavy atom. The third kappa shape index (κ3) is 4.18. The quantitative estimate of drug-likeness (QED) is 0.704. The number of carbonyl (C=O) groups is 2. The standard InChI is InChI=1S/C13H19N3O2/c1-3-8-15-13(18)10-6-4-5-7-11(10)16-12(17)9-14-2/h4-7,14H,3,8-9H2,1-2H3,(H,15,18)(H,16,17). The van der Waals surface area contributed by atoms with Crippen molar-refractivity contribution in [1.29, 1.82) is 0 Å². The summed E-state index contributed by atoms with van der Waals surface area (Å²) in [6, 6.07) is 6.97. The van der Waals surface area contributed by atoms with E-state index < -0.39 is 0 Å². The lowest BCUT2D eigenvalue weighted by Gasteiger charge is -2.10. The van der Waals surface area contributed by atoms with E-state index in [1.807, 2.05) is 6.92 Å². The number of hydrogen-bond acceptors (Lipinski definition) is 3. The zero-order chi connectivity index (χ0) is 13.4. The highest BCUT2D eigenvalue weighted by molar-refractivity contribution is 6.04. The Bertz CT molecular complexity index is 418. The van der Waals surface area contributed by atoms with Gasteiger partial charge in [0, 0.05) is 6.54 Å². The molecule has 0 unspecified atom stereocenters. The predicted molar refractivity (Wildman–Crippen MR) is 71.6 cm³/mol. The highest BCUT2D eigenvalue weighted by Gasteiger charge is 2.11. The second kappa shape index (κ2) is 7.45. The Morgan fingerprint density at radius 2 is 1.94 bits per heavy atom. The van der Waals surface area contributed by atoms with Gasteiger partial charge in [-0.05, 0) is 25.6 Å². The lowest BCUT2D eigenvalue weighted by Crippen LogP contribution is -2.28. The van der Waals surface area contributed by atoms with Gasteiger partial charge in [-0.2, -0.15) is 0 Å². The van der Waals surface area contributed by atoms with Gasteiger partial charge in [0.15, 0.2) is 0 Å². The van der Waals surface area contributed by atoms with E-state index in [9.17, 15) is 9.59 Å². The van der Waals surface area contributed by atoms with E-state index in [-0.39, 0.29) is 18.4 Å². The van der Waals surface area contributed by atoms with E-state index in [4.69, 9.17) is 0 Å². The number of carbonyl (C=O) groups excluding carboxylic acids is 2. The lowest BCUT2D eigenvalue weighted by molar-refractivity contribution is -0.115. The largest absolute Gasteiger partial charge is 0.352 e. The molecule has 0 saturated carbocycles. The van der Waals surface area contributed by atoms with Gasteiger partial charge in [-0.3, -0.25) is 9.59 Å². The summed E-state index contributed by atoms with van der Waals surface area (Å²) in [6.45, 7) is 2.82. The summed E-state index contributed by atoms with van der Waals surface area (Å²) in [4.78, 5) is 23.4. The number of anilines is 1. The van der Waals surface area contributed by atoms with Crippen molar-refractivity contribution in [1.82, 2.24) is 10.6 Å². The molecule has 5 nitrogen and oxygen atoms in total. The van der Waals surface area contributed by atoms with Crippen molar-refractivity contribution < 1.29 is 9.59 Å². The molecule has 18 heavy (non-hydrogen) atoms. The van der Waals surface area contributed by atoms with Crippen LogP contribution in [0.4, 0.5) is 5.69 Å². The van der Waals surface area contributed by atoms with Crippen LogP contribution in [0.3, 0.4) is 0 Å². The van der Waals surface area contributed by atoms with Gasteiger partial charge in [0.2, 0.25) is 5.91 Å². The maximum Gasteiger partial charge on any atom is 0.253 e. The van der Waals surface area contributed by atoms with Crippen molar-refractivity contribution in [2.45, 2.75) is 13.3 Å². The third-order valence-electron chi connectivity index (χ3n) is 2.32. The fraction of sp³-hybridized carbons (Fsp3) is 0.385. The molecule has 98 valence electrons. The molecule has 0 atom stereocenters. The summed E-state index contributed by atoms with van der Waals surface area (Å²) < 4.78 is 0. The molecule has 0 aliphatic heterocycles. The first-order chi connectivity index (χ1) is 8.69. The SMILES string of the molecule is CCCNC(=O)c1ccccc1NC(=O)CNC. The number of amides is 2. The minimum Gasteiger partial charge on any atom is -0.352 e. The van der Waals surface area contributed by atoms with Crippen LogP contribution in [0.5, 0.6) is 0 Å². The van der Waals surface area contributed by atoms with Gasteiger partial charge in [0.05, 0.1) is 17.8 Å². The average molecular weight is 249 g/mol. The molecular weight excluding hydrogens is 230 g/mol. The molecule has 0 heterocycles. The molecule has 0 spiro atoms.